The molecule has 70 valence electrons. The highest BCUT2D eigenvalue weighted by Crippen LogP contribution is 1.91. The zero-order valence-electron chi connectivity index (χ0n) is 6.44. The summed E-state index contributed by atoms with van der Waals surface area (Å²) < 4.78 is 0. The van der Waals surface area contributed by atoms with Gasteiger partial charge < -0.3 is 4.90 Å². The highest BCUT2D eigenvalue weighted by atomic mass is 35.5. The molecule has 5 heteroatoms. The monoisotopic (exact) mass is 233 g/mol. The van der Waals surface area contributed by atoms with E-state index in [-0.39, 0.29) is 12.4 Å². The van der Waals surface area contributed by atoms with Gasteiger partial charge in [-0.2, -0.15) is 37.9 Å². The molecular formula is C6H16ClNS3. The highest BCUT2D eigenvalue weighted by Gasteiger charge is 1.99. The fourth-order valence-electron chi connectivity index (χ4n) is 0.760. The molecule has 11 heavy (non-hydrogen) atoms. The Kier molecular flexibility index (Phi) is 15.2. The predicted molar refractivity (Wildman–Crippen MR) is 65.2 cm³/mol. The maximum Gasteiger partial charge on any atom is 0.00705 e. The van der Waals surface area contributed by atoms with Crippen LogP contribution in [-0.2, 0) is 0 Å². The first kappa shape index (κ1) is 14.8. The summed E-state index contributed by atoms with van der Waals surface area (Å²) in [4.78, 5) is 2.31. The van der Waals surface area contributed by atoms with Crippen LogP contribution in [0.1, 0.15) is 0 Å². The molecule has 0 bridgehead atoms. The second-order valence-corrected chi connectivity index (χ2v) is 3.35. The molecule has 0 saturated carbocycles. The van der Waals surface area contributed by atoms with Gasteiger partial charge in [0.05, 0.1) is 0 Å². The van der Waals surface area contributed by atoms with Crippen LogP contribution in [0.15, 0.2) is 0 Å². The van der Waals surface area contributed by atoms with E-state index in [2.05, 4.69) is 42.8 Å². The SMILES string of the molecule is Cl.SCCN(CCS)CCS. The van der Waals surface area contributed by atoms with Gasteiger partial charge in [-0.25, -0.2) is 0 Å². The lowest BCUT2D eigenvalue weighted by molar-refractivity contribution is 0.330. The van der Waals surface area contributed by atoms with Crippen molar-refractivity contribution in [1.82, 2.24) is 4.90 Å². The van der Waals surface area contributed by atoms with Gasteiger partial charge in [0, 0.05) is 36.9 Å². The van der Waals surface area contributed by atoms with Crippen LogP contribution in [0, 0.1) is 0 Å². The van der Waals surface area contributed by atoms with Crippen molar-refractivity contribution in [1.29, 1.82) is 0 Å². The van der Waals surface area contributed by atoms with Crippen LogP contribution in [0.5, 0.6) is 0 Å². The van der Waals surface area contributed by atoms with E-state index >= 15 is 0 Å². The first-order chi connectivity index (χ1) is 4.85. The molecule has 0 saturated heterocycles. The molecule has 0 unspecified atom stereocenters. The molecule has 0 aromatic carbocycles. The highest BCUT2D eigenvalue weighted by molar-refractivity contribution is 7.80. The van der Waals surface area contributed by atoms with Crippen molar-refractivity contribution in [2.45, 2.75) is 0 Å². The van der Waals surface area contributed by atoms with Crippen LogP contribution in [0.25, 0.3) is 0 Å². The number of rotatable bonds is 6. The zero-order chi connectivity index (χ0) is 7.82. The van der Waals surface area contributed by atoms with Crippen molar-refractivity contribution in [3.8, 4) is 0 Å². The van der Waals surface area contributed by atoms with Gasteiger partial charge in [-0.05, 0) is 0 Å². The van der Waals surface area contributed by atoms with Crippen molar-refractivity contribution in [3.05, 3.63) is 0 Å². The van der Waals surface area contributed by atoms with Crippen molar-refractivity contribution in [2.75, 3.05) is 36.9 Å². The molecule has 0 fully saturated rings. The predicted octanol–water partition coefficient (Wildman–Crippen LogP) is 1.50. The molecule has 0 heterocycles. The Morgan fingerprint density at radius 1 is 0.727 bits per heavy atom. The zero-order valence-corrected chi connectivity index (χ0v) is 9.94. The van der Waals surface area contributed by atoms with Crippen LogP contribution in [0.3, 0.4) is 0 Å². The van der Waals surface area contributed by atoms with Gasteiger partial charge >= 0.3 is 0 Å². The summed E-state index contributed by atoms with van der Waals surface area (Å²) in [5, 5.41) is 0. The van der Waals surface area contributed by atoms with Gasteiger partial charge in [-0.15, -0.1) is 12.4 Å². The Morgan fingerprint density at radius 2 is 1.00 bits per heavy atom. The van der Waals surface area contributed by atoms with E-state index in [4.69, 9.17) is 0 Å². The van der Waals surface area contributed by atoms with Gasteiger partial charge in [0.2, 0.25) is 0 Å². The van der Waals surface area contributed by atoms with E-state index in [1.54, 1.807) is 0 Å². The molecule has 0 rings (SSSR count). The summed E-state index contributed by atoms with van der Waals surface area (Å²) in [5.74, 6) is 2.75. The minimum Gasteiger partial charge on any atom is -0.301 e. The van der Waals surface area contributed by atoms with Crippen molar-refractivity contribution in [2.24, 2.45) is 0 Å². The lowest BCUT2D eigenvalue weighted by Gasteiger charge is -2.18. The number of thiol groups is 3. The van der Waals surface area contributed by atoms with Crippen LogP contribution in [0.2, 0.25) is 0 Å². The number of hydrogen-bond donors (Lipinski definition) is 3. The minimum atomic E-state index is 0. The number of nitrogens with zero attached hydrogens (tertiary/aromatic N) is 1. The largest absolute Gasteiger partial charge is 0.301 e. The first-order valence-corrected chi connectivity index (χ1v) is 5.29. The van der Waals surface area contributed by atoms with Crippen molar-refractivity contribution < 1.29 is 0 Å². The van der Waals surface area contributed by atoms with E-state index in [1.165, 1.54) is 0 Å². The van der Waals surface area contributed by atoms with Gasteiger partial charge in [0.15, 0.2) is 0 Å². The summed E-state index contributed by atoms with van der Waals surface area (Å²) in [6.07, 6.45) is 0. The topological polar surface area (TPSA) is 3.24 Å². The molecule has 0 aliphatic carbocycles. The van der Waals surface area contributed by atoms with E-state index in [1.807, 2.05) is 0 Å². The maximum absolute atomic E-state index is 4.15. The van der Waals surface area contributed by atoms with E-state index in [0.29, 0.717) is 0 Å². The molecule has 0 N–H and O–H groups in total. The van der Waals surface area contributed by atoms with Crippen LogP contribution < -0.4 is 0 Å². The molecular weight excluding hydrogens is 218 g/mol. The fraction of sp³-hybridized carbons (Fsp3) is 1.00. The fourth-order valence-corrected chi connectivity index (χ4v) is 1.61. The minimum absolute atomic E-state index is 0. The molecule has 0 radical (unpaired) electrons. The molecule has 0 aromatic heterocycles. The van der Waals surface area contributed by atoms with Gasteiger partial charge in [-0.3, -0.25) is 0 Å². The lowest BCUT2D eigenvalue weighted by Crippen LogP contribution is -2.29. The number of hydrogen-bond acceptors (Lipinski definition) is 4. The Hall–Kier alpha value is 1.30. The Balaban J connectivity index is 0. The molecule has 0 aliphatic heterocycles. The van der Waals surface area contributed by atoms with Gasteiger partial charge in [0.1, 0.15) is 0 Å². The third-order valence-electron chi connectivity index (χ3n) is 1.25. The quantitative estimate of drug-likeness (QED) is 0.587. The standard InChI is InChI=1S/C6H15NS3.ClH/c8-4-1-7(2-5-9)3-6-10;/h8-10H,1-6H2;1H. The molecule has 0 aliphatic rings. The molecule has 0 spiro atoms. The Morgan fingerprint density at radius 3 is 1.18 bits per heavy atom. The second-order valence-electron chi connectivity index (χ2n) is 2.01. The van der Waals surface area contributed by atoms with Crippen LogP contribution in [-0.4, -0.2) is 41.8 Å². The Labute approximate surface area is 91.9 Å². The third kappa shape index (κ3) is 9.21. The number of halogens is 1. The van der Waals surface area contributed by atoms with Gasteiger partial charge in [-0.1, -0.05) is 0 Å². The second kappa shape index (κ2) is 11.3. The van der Waals surface area contributed by atoms with E-state index in [9.17, 15) is 0 Å². The first-order valence-electron chi connectivity index (χ1n) is 3.40. The summed E-state index contributed by atoms with van der Waals surface area (Å²) in [7, 11) is 0. The smallest absolute Gasteiger partial charge is 0.00705 e. The van der Waals surface area contributed by atoms with Crippen molar-refractivity contribution in [3.63, 3.8) is 0 Å². The maximum atomic E-state index is 4.15. The average Bonchev–Trinajstić information content (AvgIpc) is 1.90. The molecule has 0 atom stereocenters. The van der Waals surface area contributed by atoms with Gasteiger partial charge in [0.25, 0.3) is 0 Å². The lowest BCUT2D eigenvalue weighted by atomic mass is 10.5. The summed E-state index contributed by atoms with van der Waals surface area (Å²) >= 11 is 12.5. The van der Waals surface area contributed by atoms with E-state index in [0.717, 1.165) is 36.9 Å². The Bertz CT molecular complexity index is 60.6. The van der Waals surface area contributed by atoms with E-state index < -0.39 is 0 Å². The summed E-state index contributed by atoms with van der Waals surface area (Å²) in [5.41, 5.74) is 0. The molecule has 0 aromatic rings. The normalized spacial score (nSPS) is 9.82. The van der Waals surface area contributed by atoms with Crippen LogP contribution in [0.4, 0.5) is 0 Å². The molecule has 0 amide bonds. The van der Waals surface area contributed by atoms with Crippen molar-refractivity contribution >= 4 is 50.3 Å². The summed E-state index contributed by atoms with van der Waals surface area (Å²) in [6, 6.07) is 0. The average molecular weight is 234 g/mol. The summed E-state index contributed by atoms with van der Waals surface area (Å²) in [6.45, 7) is 3.14. The van der Waals surface area contributed by atoms with Crippen LogP contribution >= 0.6 is 50.3 Å². The third-order valence-corrected chi connectivity index (χ3v) is 1.85. The molecule has 1 nitrogen and oxygen atoms in total.